The largest absolute Gasteiger partial charge is 0.508 e. The second kappa shape index (κ2) is 23.8. The minimum Gasteiger partial charge on any atom is -0.508 e. The van der Waals surface area contributed by atoms with Gasteiger partial charge in [0.25, 0.3) is 0 Å². The Bertz CT molecular complexity index is 2250. The first-order valence-corrected chi connectivity index (χ1v) is 21.8. The van der Waals surface area contributed by atoms with Crippen LogP contribution in [0, 0.1) is 11.8 Å². The molecule has 3 aromatic rings. The highest BCUT2D eigenvalue weighted by Crippen LogP contribution is 2.23. The molecule has 358 valence electrons. The molecule has 0 unspecified atom stereocenters. The van der Waals surface area contributed by atoms with Gasteiger partial charge in [0, 0.05) is 36.5 Å². The van der Waals surface area contributed by atoms with Crippen molar-refractivity contribution in [3.05, 3.63) is 65.9 Å². The van der Waals surface area contributed by atoms with Crippen LogP contribution in [-0.4, -0.2) is 127 Å². The highest BCUT2D eigenvalue weighted by molar-refractivity contribution is 5.98. The summed E-state index contributed by atoms with van der Waals surface area (Å²) in [6.45, 7) is 6.65. The highest BCUT2D eigenvalue weighted by Gasteiger charge is 2.42. The Labute approximate surface area is 381 Å². The van der Waals surface area contributed by atoms with Crippen LogP contribution in [0.3, 0.4) is 0 Å². The minimum atomic E-state index is -1.57. The Morgan fingerprint density at radius 3 is 2.03 bits per heavy atom. The van der Waals surface area contributed by atoms with Gasteiger partial charge in [0.2, 0.25) is 41.4 Å². The van der Waals surface area contributed by atoms with Crippen molar-refractivity contribution in [2.75, 3.05) is 6.54 Å². The van der Waals surface area contributed by atoms with E-state index in [4.69, 9.17) is 11.5 Å². The Kier molecular flexibility index (Phi) is 18.6. The molecule has 1 fully saturated rings. The molecule has 1 aliphatic rings. The SMILES string of the molecule is CC[C@H](C)[C@H](NC(=O)[C@H](Cc1ccc(O)cc1)NC(=O)[C@H](CCC(=O)O)NC(=O)[C@@H](N)Cc1c[nH]c2ccccc12)C(=O)N1CCC[C@H]1C(=O)N[C@@H](CC(N)=O)C(=O)N[C@H](C(=O)O)C(C)C. The fourth-order valence-electron chi connectivity index (χ4n) is 7.66. The van der Waals surface area contributed by atoms with Crippen LogP contribution in [0.4, 0.5) is 0 Å². The molecule has 4 rings (SSSR count). The highest BCUT2D eigenvalue weighted by atomic mass is 16.4. The van der Waals surface area contributed by atoms with E-state index >= 15 is 0 Å². The summed E-state index contributed by atoms with van der Waals surface area (Å²) in [5, 5.41) is 42.5. The standard InChI is InChI=1S/C45H61N9O12/c1-5-24(4)38(44(64)54-18-8-11-34(54)43(63)51-33(21-35(47)56)42(62)52-37(23(2)3)45(65)66)53-41(61)32(19-25-12-14-27(55)15-13-25)50-40(60)31(16-17-36(57)58)49-39(59)29(46)20-26-22-48-30-10-7-6-9-28(26)30/h6-7,9-10,12-15,22-24,29,31-34,37-38,48,55H,5,8,11,16-21,46H2,1-4H3,(H2,47,56)(H,49,59)(H,50,60)(H,51,63)(H,52,62)(H,53,61)(H,57,58)(H,65,66)/t24-,29-,31-,32-,33-,34-,37-,38-/m0/s1. The molecule has 13 N–H and O–H groups in total. The lowest BCUT2D eigenvalue weighted by molar-refractivity contribution is -0.145. The lowest BCUT2D eigenvalue weighted by Crippen LogP contribution is -2.61. The van der Waals surface area contributed by atoms with Crippen LogP contribution >= 0.6 is 0 Å². The lowest BCUT2D eigenvalue weighted by Gasteiger charge is -2.33. The van der Waals surface area contributed by atoms with Gasteiger partial charge >= 0.3 is 11.9 Å². The van der Waals surface area contributed by atoms with E-state index in [0.29, 0.717) is 18.4 Å². The van der Waals surface area contributed by atoms with Gasteiger partial charge in [-0.1, -0.05) is 64.4 Å². The van der Waals surface area contributed by atoms with Crippen molar-refractivity contribution in [3.8, 4) is 5.75 Å². The molecular weight excluding hydrogens is 859 g/mol. The van der Waals surface area contributed by atoms with Crippen molar-refractivity contribution in [1.29, 1.82) is 0 Å². The second-order valence-corrected chi connectivity index (χ2v) is 17.0. The molecule has 1 saturated heterocycles. The lowest BCUT2D eigenvalue weighted by atomic mass is 9.96. The van der Waals surface area contributed by atoms with Gasteiger partial charge in [-0.2, -0.15) is 0 Å². The zero-order valence-corrected chi connectivity index (χ0v) is 37.4. The maximum Gasteiger partial charge on any atom is 0.326 e. The number of aromatic nitrogens is 1. The molecular formula is C45H61N9O12. The quantitative estimate of drug-likeness (QED) is 0.0561. The number of nitrogens with one attached hydrogen (secondary N) is 6. The average Bonchev–Trinajstić information content (AvgIpc) is 3.93. The van der Waals surface area contributed by atoms with Crippen LogP contribution in [0.2, 0.25) is 0 Å². The van der Waals surface area contributed by atoms with E-state index in [0.717, 1.165) is 16.5 Å². The fraction of sp³-hybridized carbons (Fsp3) is 0.489. The van der Waals surface area contributed by atoms with Crippen LogP contribution in [0.1, 0.15) is 77.3 Å². The zero-order chi connectivity index (χ0) is 48.8. The number of H-pyrrole nitrogens is 1. The number of nitrogens with zero attached hydrogens (tertiary/aromatic N) is 1. The number of hydrogen-bond donors (Lipinski definition) is 11. The van der Waals surface area contributed by atoms with Crippen molar-refractivity contribution >= 4 is 64.2 Å². The molecule has 8 atom stereocenters. The first-order valence-electron chi connectivity index (χ1n) is 21.8. The molecule has 1 aliphatic heterocycles. The molecule has 21 heteroatoms. The van der Waals surface area contributed by atoms with Crippen LogP contribution in [-0.2, 0) is 56.0 Å². The summed E-state index contributed by atoms with van der Waals surface area (Å²) in [6.07, 6.45) is 0.890. The Balaban J connectivity index is 1.56. The van der Waals surface area contributed by atoms with Crippen molar-refractivity contribution in [2.45, 2.75) is 121 Å². The van der Waals surface area contributed by atoms with Crippen LogP contribution in [0.15, 0.2) is 54.7 Å². The molecule has 21 nitrogen and oxygen atoms in total. The molecule has 0 radical (unpaired) electrons. The third kappa shape index (κ3) is 14.2. The summed E-state index contributed by atoms with van der Waals surface area (Å²) in [4.78, 5) is 123. The van der Waals surface area contributed by atoms with E-state index in [-0.39, 0.29) is 38.0 Å². The zero-order valence-electron chi connectivity index (χ0n) is 37.4. The fourth-order valence-corrected chi connectivity index (χ4v) is 7.66. The second-order valence-electron chi connectivity index (χ2n) is 17.0. The van der Waals surface area contributed by atoms with Crippen LogP contribution in [0.25, 0.3) is 10.9 Å². The number of aromatic hydroxyl groups is 1. The van der Waals surface area contributed by atoms with Gasteiger partial charge in [0.1, 0.15) is 42.0 Å². The van der Waals surface area contributed by atoms with E-state index in [2.05, 4.69) is 31.6 Å². The molecule has 0 bridgehead atoms. The summed E-state index contributed by atoms with van der Waals surface area (Å²) >= 11 is 0. The monoisotopic (exact) mass is 919 g/mol. The number of aromatic amines is 1. The van der Waals surface area contributed by atoms with Gasteiger partial charge in [-0.3, -0.25) is 38.4 Å². The number of rotatable bonds is 24. The number of carboxylic acids is 2. The Hall–Kier alpha value is -7.03. The molecule has 2 aromatic carbocycles. The third-order valence-corrected chi connectivity index (χ3v) is 11.6. The number of amides is 7. The predicted octanol–water partition coefficient (Wildman–Crippen LogP) is -0.0721. The maximum absolute atomic E-state index is 14.4. The minimum absolute atomic E-state index is 0.0713. The number of carboxylic acid groups (broad SMARTS) is 2. The van der Waals surface area contributed by atoms with Crippen molar-refractivity contribution < 1.29 is 58.5 Å². The van der Waals surface area contributed by atoms with Gasteiger partial charge < -0.3 is 63.3 Å². The summed E-state index contributed by atoms with van der Waals surface area (Å²) in [5.74, 6) is -9.67. The first-order chi connectivity index (χ1) is 31.2. The number of benzene rings is 2. The third-order valence-electron chi connectivity index (χ3n) is 11.6. The number of phenolic OH excluding ortho intramolecular Hbond substituents is 1. The summed E-state index contributed by atoms with van der Waals surface area (Å²) in [7, 11) is 0. The number of fused-ring (bicyclic) bond motifs is 1. The van der Waals surface area contributed by atoms with Crippen LogP contribution < -0.4 is 38.1 Å². The summed E-state index contributed by atoms with van der Waals surface area (Å²) in [6, 6.07) is 3.74. The number of primary amides is 1. The normalized spacial score (nSPS) is 16.8. The van der Waals surface area contributed by atoms with Gasteiger partial charge in [-0.15, -0.1) is 0 Å². The number of nitrogens with two attached hydrogens (primary N) is 2. The predicted molar refractivity (Wildman–Crippen MR) is 239 cm³/mol. The first kappa shape index (κ1) is 51.6. The number of likely N-dealkylation sites (tertiary alicyclic amines) is 1. The maximum atomic E-state index is 14.4. The number of carbonyl (C=O) groups is 9. The molecule has 0 aliphatic carbocycles. The number of carbonyl (C=O) groups excluding carboxylic acids is 7. The Morgan fingerprint density at radius 1 is 0.788 bits per heavy atom. The van der Waals surface area contributed by atoms with E-state index in [1.807, 2.05) is 24.3 Å². The number of hydrogen-bond acceptors (Lipinski definition) is 11. The number of para-hydroxylation sites is 1. The van der Waals surface area contributed by atoms with E-state index in [9.17, 15) is 58.5 Å². The topological polar surface area (TPSA) is 346 Å². The average molecular weight is 920 g/mol. The number of aliphatic carboxylic acids is 2. The molecule has 7 amide bonds. The van der Waals surface area contributed by atoms with Gasteiger partial charge in [-0.05, 0) is 66.8 Å². The smallest absolute Gasteiger partial charge is 0.326 e. The van der Waals surface area contributed by atoms with Gasteiger partial charge in [-0.25, -0.2) is 4.79 Å². The molecule has 1 aromatic heterocycles. The van der Waals surface area contributed by atoms with E-state index in [1.165, 1.54) is 29.2 Å². The van der Waals surface area contributed by atoms with Gasteiger partial charge in [0.05, 0.1) is 12.5 Å². The molecule has 2 heterocycles. The van der Waals surface area contributed by atoms with Crippen molar-refractivity contribution in [3.63, 3.8) is 0 Å². The van der Waals surface area contributed by atoms with Gasteiger partial charge in [0.15, 0.2) is 0 Å². The van der Waals surface area contributed by atoms with Crippen LogP contribution in [0.5, 0.6) is 5.75 Å². The van der Waals surface area contributed by atoms with E-state index < -0.39 is 120 Å². The number of phenols is 1. The van der Waals surface area contributed by atoms with Crippen molar-refractivity contribution in [1.82, 2.24) is 36.5 Å². The summed E-state index contributed by atoms with van der Waals surface area (Å²) < 4.78 is 0. The summed E-state index contributed by atoms with van der Waals surface area (Å²) in [5.41, 5.74) is 13.7. The van der Waals surface area contributed by atoms with Crippen molar-refractivity contribution in [2.24, 2.45) is 23.3 Å². The molecule has 66 heavy (non-hydrogen) atoms. The molecule has 0 spiro atoms. The Morgan fingerprint density at radius 2 is 1.41 bits per heavy atom. The van der Waals surface area contributed by atoms with E-state index in [1.54, 1.807) is 33.9 Å². The molecule has 0 saturated carbocycles.